The molecule has 0 N–H and O–H groups in total. The minimum atomic E-state index is -0.461. The van der Waals surface area contributed by atoms with E-state index in [1.165, 1.54) is 17.9 Å². The summed E-state index contributed by atoms with van der Waals surface area (Å²) in [5.41, 5.74) is 1.03. The van der Waals surface area contributed by atoms with E-state index in [-0.39, 0.29) is 36.6 Å². The quantitative estimate of drug-likeness (QED) is 0.526. The molecule has 0 saturated carbocycles. The van der Waals surface area contributed by atoms with Gasteiger partial charge in [-0.05, 0) is 30.5 Å². The highest BCUT2D eigenvalue weighted by Crippen LogP contribution is 2.14. The Bertz CT molecular complexity index is 1280. The van der Waals surface area contributed by atoms with Gasteiger partial charge in [-0.15, -0.1) is 0 Å². The third kappa shape index (κ3) is 4.08. The molecule has 0 unspecified atom stereocenters. The molecule has 32 heavy (non-hydrogen) atoms. The van der Waals surface area contributed by atoms with E-state index in [9.17, 15) is 19.2 Å². The molecule has 1 aliphatic heterocycles. The number of aromatic nitrogens is 4. The number of fused-ring (bicyclic) bond motifs is 1. The fourth-order valence-corrected chi connectivity index (χ4v) is 3.86. The lowest BCUT2D eigenvalue weighted by atomic mass is 10.1. The SMILES string of the molecule is Cn1c(=O)c2c(ncn2CCC(=O)OCc2ccc(C(=O)N3CCCC3)cc2)n(C)c1=O. The number of nitrogens with zero attached hydrogens (tertiary/aromatic N) is 5. The van der Waals surface area contributed by atoms with Gasteiger partial charge in [0.05, 0.1) is 12.7 Å². The maximum absolute atomic E-state index is 12.4. The zero-order chi connectivity index (χ0) is 22.8. The summed E-state index contributed by atoms with van der Waals surface area (Å²) in [4.78, 5) is 55.0. The van der Waals surface area contributed by atoms with Crippen LogP contribution in [0.15, 0.2) is 40.2 Å². The van der Waals surface area contributed by atoms with Crippen molar-refractivity contribution in [3.63, 3.8) is 0 Å². The summed E-state index contributed by atoms with van der Waals surface area (Å²) in [5.74, 6) is -0.395. The third-order valence-electron chi connectivity index (χ3n) is 5.77. The summed E-state index contributed by atoms with van der Waals surface area (Å²) in [5, 5.41) is 0. The minimum Gasteiger partial charge on any atom is -0.461 e. The molecule has 1 amide bonds. The van der Waals surface area contributed by atoms with E-state index in [0.29, 0.717) is 5.56 Å². The maximum Gasteiger partial charge on any atom is 0.332 e. The summed E-state index contributed by atoms with van der Waals surface area (Å²) in [6.07, 6.45) is 3.57. The number of carbonyl (C=O) groups is 2. The van der Waals surface area contributed by atoms with E-state index in [0.717, 1.165) is 36.1 Å². The summed E-state index contributed by atoms with van der Waals surface area (Å²) in [7, 11) is 2.94. The van der Waals surface area contributed by atoms with Crippen LogP contribution in [0.5, 0.6) is 0 Å². The number of hydrogen-bond acceptors (Lipinski definition) is 6. The molecule has 0 aliphatic carbocycles. The van der Waals surface area contributed by atoms with Gasteiger partial charge < -0.3 is 14.2 Å². The second kappa shape index (κ2) is 8.81. The minimum absolute atomic E-state index is 0.0299. The van der Waals surface area contributed by atoms with E-state index >= 15 is 0 Å². The van der Waals surface area contributed by atoms with Crippen molar-refractivity contribution in [2.45, 2.75) is 32.4 Å². The van der Waals surface area contributed by atoms with E-state index in [4.69, 9.17) is 4.74 Å². The molecule has 168 valence electrons. The van der Waals surface area contributed by atoms with Gasteiger partial charge in [0.2, 0.25) is 0 Å². The standard InChI is InChI=1S/C22H25N5O5/c1-24-19-18(21(30)25(2)22(24)31)27(14-23-19)12-9-17(28)32-13-15-5-7-16(8-6-15)20(29)26-10-3-4-11-26/h5-8,14H,3-4,9-13H2,1-2H3. The second-order valence-corrected chi connectivity index (χ2v) is 7.92. The number of aryl methyl sites for hydroxylation is 2. The zero-order valence-corrected chi connectivity index (χ0v) is 18.1. The molecule has 1 aliphatic rings. The number of hydrogen-bond donors (Lipinski definition) is 0. The molecule has 0 spiro atoms. The van der Waals surface area contributed by atoms with Crippen LogP contribution in [0.25, 0.3) is 11.2 Å². The van der Waals surface area contributed by atoms with Crippen LogP contribution in [-0.2, 0) is 36.8 Å². The van der Waals surface area contributed by atoms with Crippen molar-refractivity contribution in [1.29, 1.82) is 0 Å². The van der Waals surface area contributed by atoms with E-state index in [1.54, 1.807) is 35.9 Å². The number of imidazole rings is 1. The van der Waals surface area contributed by atoms with Gasteiger partial charge in [0.1, 0.15) is 6.61 Å². The average molecular weight is 439 g/mol. The molecule has 3 aromatic rings. The van der Waals surface area contributed by atoms with Crippen molar-refractivity contribution in [2.24, 2.45) is 14.1 Å². The molecule has 10 heteroatoms. The molecule has 1 saturated heterocycles. The fourth-order valence-electron chi connectivity index (χ4n) is 3.86. The summed E-state index contributed by atoms with van der Waals surface area (Å²) >= 11 is 0. The normalized spacial score (nSPS) is 13.6. The van der Waals surface area contributed by atoms with Crippen LogP contribution < -0.4 is 11.2 Å². The molecule has 1 fully saturated rings. The number of esters is 1. The van der Waals surface area contributed by atoms with Gasteiger partial charge in [-0.1, -0.05) is 12.1 Å². The smallest absolute Gasteiger partial charge is 0.332 e. The summed E-state index contributed by atoms with van der Waals surface area (Å²) < 4.78 is 9.19. The Morgan fingerprint density at radius 3 is 2.41 bits per heavy atom. The van der Waals surface area contributed by atoms with E-state index in [1.807, 2.05) is 4.90 Å². The fraction of sp³-hybridized carbons (Fsp3) is 0.409. The first kappa shape index (κ1) is 21.5. The van der Waals surface area contributed by atoms with Gasteiger partial charge in [-0.25, -0.2) is 9.78 Å². The first-order valence-electron chi connectivity index (χ1n) is 10.5. The number of carbonyl (C=O) groups excluding carboxylic acids is 2. The number of ether oxygens (including phenoxy) is 1. The lowest BCUT2D eigenvalue weighted by Gasteiger charge is -2.15. The lowest BCUT2D eigenvalue weighted by Crippen LogP contribution is -2.37. The molecular weight excluding hydrogens is 414 g/mol. The monoisotopic (exact) mass is 439 g/mol. The van der Waals surface area contributed by atoms with Crippen molar-refractivity contribution >= 4 is 23.0 Å². The van der Waals surface area contributed by atoms with Gasteiger partial charge >= 0.3 is 11.7 Å². The van der Waals surface area contributed by atoms with Crippen molar-refractivity contribution < 1.29 is 14.3 Å². The zero-order valence-electron chi connectivity index (χ0n) is 18.1. The van der Waals surface area contributed by atoms with Crippen molar-refractivity contribution in [3.05, 3.63) is 62.6 Å². The van der Waals surface area contributed by atoms with Crippen LogP contribution >= 0.6 is 0 Å². The van der Waals surface area contributed by atoms with Crippen molar-refractivity contribution in [1.82, 2.24) is 23.6 Å². The number of likely N-dealkylation sites (tertiary alicyclic amines) is 1. The molecular formula is C22H25N5O5. The van der Waals surface area contributed by atoms with Crippen LogP contribution in [-0.4, -0.2) is 48.6 Å². The Labute approximate surface area is 183 Å². The van der Waals surface area contributed by atoms with Gasteiger partial charge in [-0.3, -0.25) is 23.5 Å². The molecule has 4 rings (SSSR count). The Kier molecular flexibility index (Phi) is 5.93. The Hall–Kier alpha value is -3.69. The summed E-state index contributed by atoms with van der Waals surface area (Å²) in [6, 6.07) is 7.07. The molecule has 0 bridgehead atoms. The predicted molar refractivity (Wildman–Crippen MR) is 116 cm³/mol. The van der Waals surface area contributed by atoms with Crippen LogP contribution in [0.4, 0.5) is 0 Å². The van der Waals surface area contributed by atoms with Gasteiger partial charge in [-0.2, -0.15) is 0 Å². The highest BCUT2D eigenvalue weighted by Gasteiger charge is 2.19. The first-order valence-corrected chi connectivity index (χ1v) is 10.5. The van der Waals surface area contributed by atoms with E-state index in [2.05, 4.69) is 4.98 Å². The second-order valence-electron chi connectivity index (χ2n) is 7.92. The topological polar surface area (TPSA) is 108 Å². The number of rotatable bonds is 6. The Morgan fingerprint density at radius 2 is 1.72 bits per heavy atom. The van der Waals surface area contributed by atoms with Gasteiger partial charge in [0.15, 0.2) is 11.2 Å². The maximum atomic E-state index is 12.4. The highest BCUT2D eigenvalue weighted by atomic mass is 16.5. The first-order chi connectivity index (χ1) is 15.4. The molecule has 10 nitrogen and oxygen atoms in total. The lowest BCUT2D eigenvalue weighted by molar-refractivity contribution is -0.145. The molecule has 0 atom stereocenters. The average Bonchev–Trinajstić information content (AvgIpc) is 3.49. The van der Waals surface area contributed by atoms with Crippen LogP contribution in [0, 0.1) is 0 Å². The van der Waals surface area contributed by atoms with Crippen molar-refractivity contribution in [2.75, 3.05) is 13.1 Å². The van der Waals surface area contributed by atoms with Gasteiger partial charge in [0.25, 0.3) is 11.5 Å². The van der Waals surface area contributed by atoms with Crippen LogP contribution in [0.3, 0.4) is 0 Å². The van der Waals surface area contributed by atoms with E-state index < -0.39 is 17.2 Å². The molecule has 1 aromatic carbocycles. The number of amides is 1. The third-order valence-corrected chi connectivity index (χ3v) is 5.77. The number of benzene rings is 1. The summed E-state index contributed by atoms with van der Waals surface area (Å²) in [6.45, 7) is 1.89. The van der Waals surface area contributed by atoms with Crippen molar-refractivity contribution in [3.8, 4) is 0 Å². The molecule has 3 heterocycles. The van der Waals surface area contributed by atoms with Crippen LogP contribution in [0.1, 0.15) is 35.2 Å². The Morgan fingerprint density at radius 1 is 1.03 bits per heavy atom. The Balaban J connectivity index is 1.34. The molecule has 2 aromatic heterocycles. The predicted octanol–water partition coefficient (Wildman–Crippen LogP) is 0.803. The van der Waals surface area contributed by atoms with Gasteiger partial charge in [0, 0.05) is 39.3 Å². The molecule has 0 radical (unpaired) electrons. The van der Waals surface area contributed by atoms with Crippen LogP contribution in [0.2, 0.25) is 0 Å². The largest absolute Gasteiger partial charge is 0.461 e. The highest BCUT2D eigenvalue weighted by molar-refractivity contribution is 5.94.